The molecular weight excluding hydrogens is 244 g/mol. The number of rotatable bonds is 3. The summed E-state index contributed by atoms with van der Waals surface area (Å²) in [5.41, 5.74) is 5.08. The average molecular weight is 252 g/mol. The van der Waals surface area contributed by atoms with Gasteiger partial charge in [0.15, 0.2) is 0 Å². The van der Waals surface area contributed by atoms with Crippen LogP contribution in [0.15, 0.2) is 12.1 Å². The molecule has 0 spiro atoms. The number of nitrogens with two attached hydrogens (primary N) is 1. The summed E-state index contributed by atoms with van der Waals surface area (Å²) in [4.78, 5) is 10.8. The first kappa shape index (κ1) is 12.2. The first-order chi connectivity index (χ1) is 6.99. The number of aliphatic carboxylic acids is 1. The van der Waals surface area contributed by atoms with Crippen LogP contribution in [-0.4, -0.2) is 17.6 Å². The van der Waals surface area contributed by atoms with Crippen LogP contribution in [0.4, 0.5) is 4.39 Å². The molecule has 0 saturated heterocycles. The lowest BCUT2D eigenvalue weighted by Crippen LogP contribution is -2.22. The van der Waals surface area contributed by atoms with Gasteiger partial charge in [-0.15, -0.1) is 0 Å². The molecule has 0 aliphatic heterocycles. The maximum Gasteiger partial charge on any atom is 0.312 e. The van der Waals surface area contributed by atoms with Gasteiger partial charge < -0.3 is 10.8 Å². The van der Waals surface area contributed by atoms with Crippen LogP contribution in [0, 0.1) is 5.82 Å². The van der Waals surface area contributed by atoms with Crippen LogP contribution < -0.4 is 5.73 Å². The summed E-state index contributed by atoms with van der Waals surface area (Å²) in [5.74, 6) is -3.25. The third-order valence-electron chi connectivity index (χ3n) is 1.96. The minimum absolute atomic E-state index is 0.00903. The highest BCUT2D eigenvalue weighted by Gasteiger charge is 2.25. The minimum atomic E-state index is -1.24. The van der Waals surface area contributed by atoms with Gasteiger partial charge in [0.25, 0.3) is 0 Å². The number of hydrogen-bond donors (Lipinski definition) is 2. The third kappa shape index (κ3) is 2.40. The Balaban J connectivity index is 3.34. The number of carboxylic acids is 1. The van der Waals surface area contributed by atoms with Gasteiger partial charge in [-0.1, -0.05) is 23.2 Å². The van der Waals surface area contributed by atoms with E-state index in [1.807, 2.05) is 0 Å². The van der Waals surface area contributed by atoms with Crippen molar-refractivity contribution in [1.82, 2.24) is 0 Å². The lowest BCUT2D eigenvalue weighted by Gasteiger charge is -2.13. The zero-order chi connectivity index (χ0) is 11.6. The van der Waals surface area contributed by atoms with Crippen LogP contribution in [0.3, 0.4) is 0 Å². The lowest BCUT2D eigenvalue weighted by molar-refractivity contribution is -0.138. The Kier molecular flexibility index (Phi) is 3.90. The molecule has 6 heteroatoms. The molecule has 3 nitrogen and oxygen atoms in total. The Hall–Kier alpha value is -0.840. The van der Waals surface area contributed by atoms with E-state index in [9.17, 15) is 9.18 Å². The highest BCUT2D eigenvalue weighted by Crippen LogP contribution is 2.31. The molecule has 0 aromatic heterocycles. The molecule has 1 aromatic carbocycles. The molecule has 0 radical (unpaired) electrons. The molecule has 0 heterocycles. The van der Waals surface area contributed by atoms with Crippen molar-refractivity contribution in [3.8, 4) is 0 Å². The number of hydrogen-bond acceptors (Lipinski definition) is 2. The summed E-state index contributed by atoms with van der Waals surface area (Å²) in [5, 5.41) is 8.65. The van der Waals surface area contributed by atoms with Crippen LogP contribution in [-0.2, 0) is 4.79 Å². The lowest BCUT2D eigenvalue weighted by atomic mass is 9.99. The topological polar surface area (TPSA) is 63.3 Å². The number of benzene rings is 1. The zero-order valence-electron chi connectivity index (χ0n) is 7.51. The van der Waals surface area contributed by atoms with Gasteiger partial charge >= 0.3 is 5.97 Å². The van der Waals surface area contributed by atoms with E-state index >= 15 is 0 Å². The first-order valence-corrected chi connectivity index (χ1v) is 4.81. The maximum atomic E-state index is 13.5. The van der Waals surface area contributed by atoms with Crippen molar-refractivity contribution >= 4 is 29.2 Å². The Morgan fingerprint density at radius 1 is 1.47 bits per heavy atom. The predicted octanol–water partition coefficient (Wildman–Crippen LogP) is 2.26. The van der Waals surface area contributed by atoms with E-state index in [0.717, 1.165) is 0 Å². The number of carbonyl (C=O) groups is 1. The van der Waals surface area contributed by atoms with Gasteiger partial charge in [0.2, 0.25) is 0 Å². The normalized spacial score (nSPS) is 12.5. The van der Waals surface area contributed by atoms with Crippen molar-refractivity contribution in [2.75, 3.05) is 6.54 Å². The summed E-state index contributed by atoms with van der Waals surface area (Å²) in [6, 6.07) is 2.60. The fourth-order valence-electron chi connectivity index (χ4n) is 1.20. The third-order valence-corrected chi connectivity index (χ3v) is 2.58. The van der Waals surface area contributed by atoms with Crippen LogP contribution in [0.5, 0.6) is 0 Å². The second-order valence-corrected chi connectivity index (χ2v) is 3.70. The maximum absolute atomic E-state index is 13.5. The predicted molar refractivity (Wildman–Crippen MR) is 55.9 cm³/mol. The van der Waals surface area contributed by atoms with E-state index in [0.29, 0.717) is 0 Å². The van der Waals surface area contributed by atoms with Crippen molar-refractivity contribution in [1.29, 1.82) is 0 Å². The quantitative estimate of drug-likeness (QED) is 0.811. The van der Waals surface area contributed by atoms with Crippen LogP contribution >= 0.6 is 23.2 Å². The molecule has 0 saturated carbocycles. The van der Waals surface area contributed by atoms with Gasteiger partial charge in [0, 0.05) is 17.1 Å². The van der Waals surface area contributed by atoms with E-state index in [1.54, 1.807) is 0 Å². The van der Waals surface area contributed by atoms with Crippen LogP contribution in [0.1, 0.15) is 11.5 Å². The van der Waals surface area contributed by atoms with Gasteiger partial charge in [0.1, 0.15) is 5.82 Å². The van der Waals surface area contributed by atoms with Crippen LogP contribution in [0.25, 0.3) is 0 Å². The second-order valence-electron chi connectivity index (χ2n) is 2.88. The molecule has 82 valence electrons. The standard InChI is InChI=1S/C9H8Cl2FNO2/c10-5-1-2-6(11)8(12)7(5)4(3-13)9(14)15/h1-2,4H,3,13H2,(H,14,15). The molecule has 0 aliphatic rings. The summed E-state index contributed by atoms with van der Waals surface area (Å²) < 4.78 is 13.5. The Labute approximate surface area is 95.6 Å². The van der Waals surface area contributed by atoms with Gasteiger partial charge in [-0.2, -0.15) is 0 Å². The monoisotopic (exact) mass is 251 g/mol. The summed E-state index contributed by atoms with van der Waals surface area (Å²) in [7, 11) is 0. The molecule has 0 amide bonds. The summed E-state index contributed by atoms with van der Waals surface area (Å²) in [6.07, 6.45) is 0. The zero-order valence-corrected chi connectivity index (χ0v) is 9.02. The molecule has 0 aliphatic carbocycles. The SMILES string of the molecule is NCC(C(=O)O)c1c(Cl)ccc(Cl)c1F. The largest absolute Gasteiger partial charge is 0.481 e. The molecule has 3 N–H and O–H groups in total. The average Bonchev–Trinajstić information content (AvgIpc) is 2.18. The van der Waals surface area contributed by atoms with Gasteiger partial charge in [-0.25, -0.2) is 4.39 Å². The Bertz CT molecular complexity index is 398. The Morgan fingerprint density at radius 3 is 2.47 bits per heavy atom. The molecule has 1 rings (SSSR count). The molecule has 15 heavy (non-hydrogen) atoms. The van der Waals surface area contributed by atoms with Crippen molar-refractivity contribution < 1.29 is 14.3 Å². The van der Waals surface area contributed by atoms with Crippen molar-refractivity contribution in [2.45, 2.75) is 5.92 Å². The number of carboxylic acid groups (broad SMARTS) is 1. The minimum Gasteiger partial charge on any atom is -0.481 e. The summed E-state index contributed by atoms with van der Waals surface area (Å²) >= 11 is 11.2. The fourth-order valence-corrected chi connectivity index (χ4v) is 1.65. The smallest absolute Gasteiger partial charge is 0.312 e. The van der Waals surface area contributed by atoms with Gasteiger partial charge in [-0.05, 0) is 12.1 Å². The van der Waals surface area contributed by atoms with Crippen molar-refractivity contribution in [2.24, 2.45) is 5.73 Å². The van der Waals surface area contributed by atoms with Crippen molar-refractivity contribution in [3.63, 3.8) is 0 Å². The van der Waals surface area contributed by atoms with E-state index in [4.69, 9.17) is 34.0 Å². The second kappa shape index (κ2) is 4.79. The molecule has 1 unspecified atom stereocenters. The fraction of sp³-hybridized carbons (Fsp3) is 0.222. The van der Waals surface area contributed by atoms with Crippen molar-refractivity contribution in [3.05, 3.63) is 33.6 Å². The van der Waals surface area contributed by atoms with Crippen LogP contribution in [0.2, 0.25) is 10.0 Å². The van der Waals surface area contributed by atoms with E-state index in [2.05, 4.69) is 0 Å². The van der Waals surface area contributed by atoms with E-state index < -0.39 is 17.7 Å². The molecule has 1 atom stereocenters. The van der Waals surface area contributed by atoms with Gasteiger partial charge in [0.05, 0.1) is 10.9 Å². The highest BCUT2D eigenvalue weighted by atomic mass is 35.5. The number of halogens is 3. The molecule has 0 fully saturated rings. The highest BCUT2D eigenvalue weighted by molar-refractivity contribution is 6.34. The Morgan fingerprint density at radius 2 is 2.00 bits per heavy atom. The molecular formula is C9H8Cl2FNO2. The summed E-state index contributed by atoms with van der Waals surface area (Å²) in [6.45, 7) is -0.244. The van der Waals surface area contributed by atoms with Gasteiger partial charge in [-0.3, -0.25) is 4.79 Å². The molecule has 0 bridgehead atoms. The first-order valence-electron chi connectivity index (χ1n) is 4.05. The van der Waals surface area contributed by atoms with E-state index in [1.165, 1.54) is 12.1 Å². The van der Waals surface area contributed by atoms with E-state index in [-0.39, 0.29) is 22.2 Å². The molecule has 1 aromatic rings.